The molecule has 0 atom stereocenters. The molecule has 1 aromatic carbocycles. The minimum atomic E-state index is 1.20. The lowest BCUT2D eigenvalue weighted by molar-refractivity contribution is 0.977. The van der Waals surface area contributed by atoms with Gasteiger partial charge in [-0.15, -0.1) is 0 Å². The van der Waals surface area contributed by atoms with Gasteiger partial charge in [0.1, 0.15) is 0 Å². The van der Waals surface area contributed by atoms with Crippen LogP contribution < -0.4 is 0 Å². The van der Waals surface area contributed by atoms with Crippen LogP contribution in [0.2, 0.25) is 0 Å². The van der Waals surface area contributed by atoms with E-state index in [9.17, 15) is 0 Å². The molecule has 0 unspecified atom stereocenters. The lowest BCUT2D eigenvalue weighted by Crippen LogP contribution is -1.97. The quantitative estimate of drug-likeness (QED) is 0.543. The topological polar surface area (TPSA) is 0 Å². The lowest BCUT2D eigenvalue weighted by atomic mass is 9.92. The van der Waals surface area contributed by atoms with E-state index in [1.54, 1.807) is 0 Å². The van der Waals surface area contributed by atoms with Crippen molar-refractivity contribution in [1.82, 2.24) is 0 Å². The van der Waals surface area contributed by atoms with Crippen molar-refractivity contribution in [3.05, 3.63) is 40.5 Å². The minimum absolute atomic E-state index is 1.20. The van der Waals surface area contributed by atoms with E-state index in [0.29, 0.717) is 0 Å². The summed E-state index contributed by atoms with van der Waals surface area (Å²) in [5.41, 5.74) is 5.78. The van der Waals surface area contributed by atoms with Gasteiger partial charge in [0.05, 0.1) is 0 Å². The highest BCUT2D eigenvalue weighted by atomic mass is 14.1. The summed E-state index contributed by atoms with van der Waals surface area (Å²) in [4.78, 5) is 0. The Morgan fingerprint density at radius 3 is 2.83 bits per heavy atom. The average Bonchev–Trinajstić information content (AvgIpc) is 2.04. The molecule has 0 nitrogen and oxygen atoms in total. The Morgan fingerprint density at radius 2 is 2.00 bits per heavy atom. The van der Waals surface area contributed by atoms with Crippen molar-refractivity contribution in [2.24, 2.45) is 0 Å². The molecule has 0 radical (unpaired) electrons. The zero-order valence-electron chi connectivity index (χ0n) is 7.72. The van der Waals surface area contributed by atoms with Gasteiger partial charge in [-0.3, -0.25) is 0 Å². The summed E-state index contributed by atoms with van der Waals surface area (Å²) in [5.74, 6) is 0. The van der Waals surface area contributed by atoms with Gasteiger partial charge in [-0.2, -0.15) is 0 Å². The van der Waals surface area contributed by atoms with Crippen molar-refractivity contribution >= 4 is 6.08 Å². The molecular weight excluding hydrogens is 144 g/mol. The summed E-state index contributed by atoms with van der Waals surface area (Å²) in [5, 5.41) is 0. The SMILES string of the molecule is Cc1cc(C)c2c(c1)CCC=C2. The molecule has 1 aliphatic rings. The monoisotopic (exact) mass is 158 g/mol. The maximum absolute atomic E-state index is 2.31. The molecule has 1 aromatic rings. The molecule has 0 aliphatic heterocycles. The van der Waals surface area contributed by atoms with E-state index in [1.807, 2.05) is 0 Å². The van der Waals surface area contributed by atoms with Crippen LogP contribution in [0.5, 0.6) is 0 Å². The molecule has 2 rings (SSSR count). The first kappa shape index (κ1) is 7.60. The third kappa shape index (κ3) is 1.18. The van der Waals surface area contributed by atoms with E-state index in [-0.39, 0.29) is 0 Å². The first-order valence-corrected chi connectivity index (χ1v) is 4.54. The third-order valence-electron chi connectivity index (χ3n) is 2.48. The second kappa shape index (κ2) is 2.78. The Kier molecular flexibility index (Phi) is 1.76. The molecule has 0 heteroatoms. The Labute approximate surface area is 73.9 Å². The van der Waals surface area contributed by atoms with Gasteiger partial charge in [0.25, 0.3) is 0 Å². The zero-order valence-corrected chi connectivity index (χ0v) is 7.72. The van der Waals surface area contributed by atoms with Crippen LogP contribution in [0, 0.1) is 13.8 Å². The molecule has 0 saturated carbocycles. The lowest BCUT2D eigenvalue weighted by Gasteiger charge is -2.13. The maximum atomic E-state index is 2.31. The van der Waals surface area contributed by atoms with Gasteiger partial charge in [-0.1, -0.05) is 29.8 Å². The van der Waals surface area contributed by atoms with Crippen LogP contribution in [0.1, 0.15) is 28.7 Å². The van der Waals surface area contributed by atoms with Crippen LogP contribution in [-0.2, 0) is 6.42 Å². The van der Waals surface area contributed by atoms with Gasteiger partial charge < -0.3 is 0 Å². The molecule has 0 N–H and O–H groups in total. The fourth-order valence-corrected chi connectivity index (χ4v) is 1.95. The van der Waals surface area contributed by atoms with Crippen molar-refractivity contribution in [1.29, 1.82) is 0 Å². The van der Waals surface area contributed by atoms with Gasteiger partial charge in [0.15, 0.2) is 0 Å². The summed E-state index contributed by atoms with van der Waals surface area (Å²) >= 11 is 0. The number of benzene rings is 1. The highest BCUT2D eigenvalue weighted by molar-refractivity contribution is 5.60. The summed E-state index contributed by atoms with van der Waals surface area (Å²) in [7, 11) is 0. The van der Waals surface area contributed by atoms with Gasteiger partial charge in [-0.25, -0.2) is 0 Å². The zero-order chi connectivity index (χ0) is 8.55. The number of aryl methyl sites for hydroxylation is 3. The number of hydrogen-bond acceptors (Lipinski definition) is 0. The van der Waals surface area contributed by atoms with Crippen LogP contribution in [0.3, 0.4) is 0 Å². The summed E-state index contributed by atoms with van der Waals surface area (Å²) < 4.78 is 0. The summed E-state index contributed by atoms with van der Waals surface area (Å²) in [6, 6.07) is 4.57. The smallest absolute Gasteiger partial charge is 0.0198 e. The molecule has 1 aliphatic carbocycles. The predicted octanol–water partition coefficient (Wildman–Crippen LogP) is 3.26. The van der Waals surface area contributed by atoms with E-state index >= 15 is 0 Å². The number of allylic oxidation sites excluding steroid dienone is 1. The van der Waals surface area contributed by atoms with Crippen molar-refractivity contribution < 1.29 is 0 Å². The summed E-state index contributed by atoms with van der Waals surface area (Å²) in [6.07, 6.45) is 6.95. The van der Waals surface area contributed by atoms with Crippen LogP contribution in [0.25, 0.3) is 6.08 Å². The number of rotatable bonds is 0. The first-order chi connectivity index (χ1) is 5.77. The average molecular weight is 158 g/mol. The molecule has 62 valence electrons. The second-order valence-corrected chi connectivity index (χ2v) is 3.60. The Hall–Kier alpha value is -1.04. The first-order valence-electron chi connectivity index (χ1n) is 4.54. The standard InChI is InChI=1S/C12H14/c1-9-7-10(2)12-6-4-3-5-11(12)8-9/h4,6-8H,3,5H2,1-2H3. The van der Waals surface area contributed by atoms with Crippen molar-refractivity contribution in [3.63, 3.8) is 0 Å². The highest BCUT2D eigenvalue weighted by Crippen LogP contribution is 2.23. The Bertz CT molecular complexity index is 332. The minimum Gasteiger partial charge on any atom is -0.0836 e. The highest BCUT2D eigenvalue weighted by Gasteiger charge is 2.06. The molecule has 0 heterocycles. The van der Waals surface area contributed by atoms with E-state index in [1.165, 1.54) is 35.1 Å². The van der Waals surface area contributed by atoms with Gasteiger partial charge in [0, 0.05) is 0 Å². The number of fused-ring (bicyclic) bond motifs is 1. The predicted molar refractivity (Wildman–Crippen MR) is 53.3 cm³/mol. The van der Waals surface area contributed by atoms with Gasteiger partial charge in [-0.05, 0) is 43.4 Å². The van der Waals surface area contributed by atoms with Crippen LogP contribution in [-0.4, -0.2) is 0 Å². The fourth-order valence-electron chi connectivity index (χ4n) is 1.95. The van der Waals surface area contributed by atoms with Crippen molar-refractivity contribution in [2.75, 3.05) is 0 Å². The molecule has 0 amide bonds. The molecule has 0 aromatic heterocycles. The third-order valence-corrected chi connectivity index (χ3v) is 2.48. The van der Waals surface area contributed by atoms with Gasteiger partial charge >= 0.3 is 0 Å². The molecular formula is C12H14. The largest absolute Gasteiger partial charge is 0.0836 e. The molecule has 0 bridgehead atoms. The van der Waals surface area contributed by atoms with E-state index in [2.05, 4.69) is 38.1 Å². The Balaban J connectivity index is 2.62. The van der Waals surface area contributed by atoms with E-state index in [4.69, 9.17) is 0 Å². The van der Waals surface area contributed by atoms with Crippen LogP contribution in [0.15, 0.2) is 18.2 Å². The molecule has 0 spiro atoms. The van der Waals surface area contributed by atoms with Crippen LogP contribution >= 0.6 is 0 Å². The van der Waals surface area contributed by atoms with E-state index < -0.39 is 0 Å². The maximum Gasteiger partial charge on any atom is -0.0198 e. The van der Waals surface area contributed by atoms with Crippen molar-refractivity contribution in [3.8, 4) is 0 Å². The number of hydrogen-bond donors (Lipinski definition) is 0. The Morgan fingerprint density at radius 1 is 1.17 bits per heavy atom. The fraction of sp³-hybridized carbons (Fsp3) is 0.333. The summed E-state index contributed by atoms with van der Waals surface area (Å²) in [6.45, 7) is 4.37. The van der Waals surface area contributed by atoms with E-state index in [0.717, 1.165) is 0 Å². The molecule has 0 saturated heterocycles. The van der Waals surface area contributed by atoms with Crippen molar-refractivity contribution in [2.45, 2.75) is 26.7 Å². The molecule has 12 heavy (non-hydrogen) atoms. The molecule has 0 fully saturated rings. The normalized spacial score (nSPS) is 14.5. The second-order valence-electron chi connectivity index (χ2n) is 3.60. The van der Waals surface area contributed by atoms with Gasteiger partial charge in [0.2, 0.25) is 0 Å². The van der Waals surface area contributed by atoms with Crippen LogP contribution in [0.4, 0.5) is 0 Å².